The maximum absolute atomic E-state index is 5.89. The van der Waals surface area contributed by atoms with Gasteiger partial charge in [0.25, 0.3) is 0 Å². The molecule has 0 unspecified atom stereocenters. The van der Waals surface area contributed by atoms with Crippen LogP contribution in [0.25, 0.3) is 10.9 Å². The van der Waals surface area contributed by atoms with Crippen LogP contribution in [0.3, 0.4) is 0 Å². The predicted octanol–water partition coefficient (Wildman–Crippen LogP) is 3.49. The summed E-state index contributed by atoms with van der Waals surface area (Å²) in [5.74, 6) is 0. The number of fused-ring (bicyclic) bond motifs is 1. The number of allylic oxidation sites excluding steroid dienone is 1. The molecule has 0 spiro atoms. The first kappa shape index (κ1) is 10.2. The van der Waals surface area contributed by atoms with Crippen LogP contribution in [0.15, 0.2) is 24.9 Å². The van der Waals surface area contributed by atoms with E-state index in [-0.39, 0.29) is 0 Å². The minimum Gasteiger partial charge on any atom is -0.340 e. The van der Waals surface area contributed by atoms with Crippen LogP contribution >= 0.6 is 11.6 Å². The Hall–Kier alpha value is -1.28. The van der Waals surface area contributed by atoms with E-state index < -0.39 is 0 Å². The quantitative estimate of drug-likeness (QED) is 0.560. The van der Waals surface area contributed by atoms with Crippen molar-refractivity contribution in [2.45, 2.75) is 20.4 Å². The van der Waals surface area contributed by atoms with Crippen molar-refractivity contribution in [2.75, 3.05) is 0 Å². The van der Waals surface area contributed by atoms with Gasteiger partial charge in [0, 0.05) is 17.6 Å². The minimum absolute atomic E-state index is 0.543. The smallest absolute Gasteiger partial charge is 0.129 e. The van der Waals surface area contributed by atoms with Gasteiger partial charge in [0.2, 0.25) is 0 Å². The van der Waals surface area contributed by atoms with E-state index in [2.05, 4.69) is 30.0 Å². The average Bonchev–Trinajstić information content (AvgIpc) is 2.44. The van der Waals surface area contributed by atoms with Crippen LogP contribution in [0.4, 0.5) is 0 Å². The Kier molecular flexibility index (Phi) is 2.53. The molecule has 0 amide bonds. The van der Waals surface area contributed by atoms with Crippen LogP contribution in [-0.4, -0.2) is 9.55 Å². The Morgan fingerprint density at radius 2 is 2.27 bits per heavy atom. The molecule has 0 atom stereocenters. The maximum Gasteiger partial charge on any atom is 0.129 e. The lowest BCUT2D eigenvalue weighted by Gasteiger charge is -2.03. The molecule has 0 saturated carbocycles. The standard InChI is InChI=1S/C12H13ClN2/c1-4-5-15-9(3)8(2)10-6-12(13)14-7-11(10)15/h4,6-7H,1,5H2,2-3H3. The summed E-state index contributed by atoms with van der Waals surface area (Å²) in [4.78, 5) is 4.11. The highest BCUT2D eigenvalue weighted by atomic mass is 35.5. The van der Waals surface area contributed by atoms with Crippen molar-refractivity contribution < 1.29 is 0 Å². The Morgan fingerprint density at radius 1 is 1.53 bits per heavy atom. The first-order chi connectivity index (χ1) is 7.15. The van der Waals surface area contributed by atoms with Crippen molar-refractivity contribution >= 4 is 22.5 Å². The molecule has 78 valence electrons. The molecular formula is C12H13ClN2. The fourth-order valence-electron chi connectivity index (χ4n) is 1.88. The van der Waals surface area contributed by atoms with Crippen LogP contribution < -0.4 is 0 Å². The SMILES string of the molecule is C=CCn1c(C)c(C)c2cc(Cl)ncc21. The molecule has 0 aliphatic rings. The zero-order valence-corrected chi connectivity index (χ0v) is 9.67. The molecule has 3 heteroatoms. The van der Waals surface area contributed by atoms with Crippen molar-refractivity contribution in [3.8, 4) is 0 Å². The third kappa shape index (κ3) is 1.55. The van der Waals surface area contributed by atoms with Gasteiger partial charge in [-0.15, -0.1) is 6.58 Å². The van der Waals surface area contributed by atoms with Crippen LogP contribution in [0.2, 0.25) is 5.15 Å². The van der Waals surface area contributed by atoms with Crippen molar-refractivity contribution in [2.24, 2.45) is 0 Å². The lowest BCUT2D eigenvalue weighted by Crippen LogP contribution is -1.97. The molecule has 0 N–H and O–H groups in total. The molecule has 2 aromatic rings. The van der Waals surface area contributed by atoms with E-state index in [1.165, 1.54) is 16.6 Å². The van der Waals surface area contributed by atoms with Gasteiger partial charge in [-0.3, -0.25) is 0 Å². The summed E-state index contributed by atoms with van der Waals surface area (Å²) in [5.41, 5.74) is 3.62. The number of rotatable bonds is 2. The highest BCUT2D eigenvalue weighted by molar-refractivity contribution is 6.30. The zero-order valence-electron chi connectivity index (χ0n) is 8.92. The topological polar surface area (TPSA) is 17.8 Å². The number of halogens is 1. The Morgan fingerprint density at radius 3 is 2.93 bits per heavy atom. The number of pyridine rings is 1. The fourth-order valence-corrected chi connectivity index (χ4v) is 2.04. The lowest BCUT2D eigenvalue weighted by molar-refractivity contribution is 0.823. The number of hydrogen-bond acceptors (Lipinski definition) is 1. The van der Waals surface area contributed by atoms with Crippen molar-refractivity contribution in [1.82, 2.24) is 9.55 Å². The van der Waals surface area contributed by atoms with Crippen LogP contribution in [0.5, 0.6) is 0 Å². The van der Waals surface area contributed by atoms with E-state index in [1.54, 1.807) is 0 Å². The number of aryl methyl sites for hydroxylation is 1. The first-order valence-electron chi connectivity index (χ1n) is 4.87. The summed E-state index contributed by atoms with van der Waals surface area (Å²) in [6, 6.07) is 1.92. The normalized spacial score (nSPS) is 10.9. The van der Waals surface area contributed by atoms with E-state index >= 15 is 0 Å². The van der Waals surface area contributed by atoms with E-state index in [1.807, 2.05) is 18.3 Å². The number of aromatic nitrogens is 2. The van der Waals surface area contributed by atoms with E-state index in [4.69, 9.17) is 11.6 Å². The molecule has 0 bridgehead atoms. The van der Waals surface area contributed by atoms with Crippen molar-refractivity contribution in [3.05, 3.63) is 41.3 Å². The summed E-state index contributed by atoms with van der Waals surface area (Å²) in [5, 5.41) is 1.72. The Balaban J connectivity index is 2.80. The molecule has 0 fully saturated rings. The highest BCUT2D eigenvalue weighted by Gasteiger charge is 2.10. The molecule has 2 heterocycles. The highest BCUT2D eigenvalue weighted by Crippen LogP contribution is 2.26. The van der Waals surface area contributed by atoms with E-state index in [0.29, 0.717) is 5.15 Å². The van der Waals surface area contributed by atoms with Gasteiger partial charge in [0.05, 0.1) is 11.7 Å². The predicted molar refractivity (Wildman–Crippen MR) is 64.4 cm³/mol. The van der Waals surface area contributed by atoms with Gasteiger partial charge in [-0.1, -0.05) is 17.7 Å². The molecule has 0 aliphatic carbocycles. The third-order valence-corrected chi connectivity index (χ3v) is 3.01. The zero-order chi connectivity index (χ0) is 11.0. The third-order valence-electron chi connectivity index (χ3n) is 2.80. The summed E-state index contributed by atoms with van der Waals surface area (Å²) in [6.45, 7) is 8.78. The molecule has 0 aromatic carbocycles. The lowest BCUT2D eigenvalue weighted by atomic mass is 10.2. The molecule has 2 aromatic heterocycles. The Bertz CT molecular complexity index is 526. The maximum atomic E-state index is 5.89. The minimum atomic E-state index is 0.543. The molecule has 15 heavy (non-hydrogen) atoms. The van der Waals surface area contributed by atoms with Gasteiger partial charge >= 0.3 is 0 Å². The fraction of sp³-hybridized carbons (Fsp3) is 0.250. The second-order valence-corrected chi connectivity index (χ2v) is 4.02. The largest absolute Gasteiger partial charge is 0.340 e. The summed E-state index contributed by atoms with van der Waals surface area (Å²) in [7, 11) is 0. The monoisotopic (exact) mass is 220 g/mol. The molecule has 2 rings (SSSR count). The number of hydrogen-bond donors (Lipinski definition) is 0. The average molecular weight is 221 g/mol. The summed E-state index contributed by atoms with van der Waals surface area (Å²) >= 11 is 5.89. The Labute approximate surface area is 94.2 Å². The van der Waals surface area contributed by atoms with E-state index in [0.717, 1.165) is 12.1 Å². The van der Waals surface area contributed by atoms with Gasteiger partial charge in [-0.25, -0.2) is 4.98 Å². The van der Waals surface area contributed by atoms with Gasteiger partial charge in [-0.2, -0.15) is 0 Å². The summed E-state index contributed by atoms with van der Waals surface area (Å²) in [6.07, 6.45) is 3.71. The molecule has 0 radical (unpaired) electrons. The second kappa shape index (κ2) is 3.70. The van der Waals surface area contributed by atoms with Crippen LogP contribution in [0.1, 0.15) is 11.3 Å². The molecule has 0 saturated heterocycles. The van der Waals surface area contributed by atoms with Crippen LogP contribution in [0, 0.1) is 13.8 Å². The van der Waals surface area contributed by atoms with Gasteiger partial charge in [0.15, 0.2) is 0 Å². The molecule has 2 nitrogen and oxygen atoms in total. The van der Waals surface area contributed by atoms with Crippen LogP contribution in [-0.2, 0) is 6.54 Å². The van der Waals surface area contributed by atoms with Gasteiger partial charge < -0.3 is 4.57 Å². The molecule has 0 aliphatic heterocycles. The number of nitrogens with zero attached hydrogens (tertiary/aromatic N) is 2. The molecular weight excluding hydrogens is 208 g/mol. The second-order valence-electron chi connectivity index (χ2n) is 3.63. The van der Waals surface area contributed by atoms with E-state index in [9.17, 15) is 0 Å². The first-order valence-corrected chi connectivity index (χ1v) is 5.24. The van der Waals surface area contributed by atoms with Crippen molar-refractivity contribution in [3.63, 3.8) is 0 Å². The van der Waals surface area contributed by atoms with Gasteiger partial charge in [0.1, 0.15) is 5.15 Å². The van der Waals surface area contributed by atoms with Crippen molar-refractivity contribution in [1.29, 1.82) is 0 Å². The van der Waals surface area contributed by atoms with Gasteiger partial charge in [-0.05, 0) is 25.5 Å². The summed E-state index contributed by atoms with van der Waals surface area (Å²) < 4.78 is 2.20.